The minimum absolute atomic E-state index is 0.225. The minimum Gasteiger partial charge on any atom is -0.444 e. The number of nitrogens with zero attached hydrogens (tertiary/aromatic N) is 3. The lowest BCUT2D eigenvalue weighted by Gasteiger charge is -2.26. The summed E-state index contributed by atoms with van der Waals surface area (Å²) >= 11 is 5.76. The van der Waals surface area contributed by atoms with Crippen molar-refractivity contribution in [3.8, 4) is 0 Å². The molecular formula is C14H23ClN4O2. The number of aromatic nitrogens is 2. The summed E-state index contributed by atoms with van der Waals surface area (Å²) in [6, 6.07) is 0. The predicted octanol–water partition coefficient (Wildman–Crippen LogP) is 3.04. The highest BCUT2D eigenvalue weighted by molar-refractivity contribution is 6.29. The number of rotatable bonds is 5. The number of hydrogen-bond donors (Lipinski definition) is 1. The maximum absolute atomic E-state index is 11.9. The lowest BCUT2D eigenvalue weighted by Crippen LogP contribution is -2.37. The van der Waals surface area contributed by atoms with Gasteiger partial charge in [-0.1, -0.05) is 18.5 Å². The molecule has 1 N–H and O–H groups in total. The largest absolute Gasteiger partial charge is 0.444 e. The number of hydrogen-bond acceptors (Lipinski definition) is 5. The third-order valence-corrected chi connectivity index (χ3v) is 2.71. The molecule has 0 unspecified atom stereocenters. The Bertz CT molecular complexity index is 476. The summed E-state index contributed by atoms with van der Waals surface area (Å²) in [6.45, 7) is 8.81. The number of carbonyl (C=O) groups is 1. The zero-order valence-electron chi connectivity index (χ0n) is 13.2. The van der Waals surface area contributed by atoms with E-state index in [9.17, 15) is 4.79 Å². The highest BCUT2D eigenvalue weighted by Gasteiger charge is 2.20. The molecule has 21 heavy (non-hydrogen) atoms. The van der Waals surface area contributed by atoms with Gasteiger partial charge in [-0.3, -0.25) is 4.98 Å². The van der Waals surface area contributed by atoms with Crippen molar-refractivity contribution in [3.05, 3.63) is 17.5 Å². The summed E-state index contributed by atoms with van der Waals surface area (Å²) in [5, 5.41) is 3.49. The second-order valence-electron chi connectivity index (χ2n) is 6.07. The third kappa shape index (κ3) is 7.13. The van der Waals surface area contributed by atoms with Crippen LogP contribution in [0, 0.1) is 5.92 Å². The first-order chi connectivity index (χ1) is 9.67. The molecule has 1 rings (SSSR count). The molecule has 6 nitrogen and oxygen atoms in total. The van der Waals surface area contributed by atoms with E-state index in [2.05, 4.69) is 15.3 Å². The van der Waals surface area contributed by atoms with Gasteiger partial charge in [-0.05, 0) is 26.7 Å². The smallest absolute Gasteiger partial charge is 0.410 e. The van der Waals surface area contributed by atoms with Crippen molar-refractivity contribution in [2.45, 2.75) is 33.3 Å². The van der Waals surface area contributed by atoms with Gasteiger partial charge in [-0.25, -0.2) is 9.78 Å². The molecule has 1 heterocycles. The van der Waals surface area contributed by atoms with Crippen molar-refractivity contribution < 1.29 is 9.53 Å². The molecule has 0 aromatic carbocycles. The van der Waals surface area contributed by atoms with E-state index in [-0.39, 0.29) is 12.0 Å². The average Bonchev–Trinajstić information content (AvgIpc) is 2.34. The Hall–Kier alpha value is -1.56. The molecule has 0 spiro atoms. The molecule has 0 saturated carbocycles. The summed E-state index contributed by atoms with van der Waals surface area (Å²) in [7, 11) is 1.73. The third-order valence-electron chi connectivity index (χ3n) is 2.53. The fourth-order valence-electron chi connectivity index (χ4n) is 1.65. The molecule has 0 radical (unpaired) electrons. The van der Waals surface area contributed by atoms with Gasteiger partial charge in [-0.2, -0.15) is 0 Å². The lowest BCUT2D eigenvalue weighted by atomic mass is 10.1. The van der Waals surface area contributed by atoms with Gasteiger partial charge in [0.05, 0.1) is 12.4 Å². The molecule has 0 aliphatic carbocycles. The van der Waals surface area contributed by atoms with Crippen LogP contribution in [0.1, 0.15) is 27.7 Å². The van der Waals surface area contributed by atoms with Gasteiger partial charge in [0.15, 0.2) is 0 Å². The van der Waals surface area contributed by atoms with Gasteiger partial charge in [0.1, 0.15) is 16.6 Å². The zero-order chi connectivity index (χ0) is 16.0. The first kappa shape index (κ1) is 17.5. The highest BCUT2D eigenvalue weighted by atomic mass is 35.5. The number of nitrogens with one attached hydrogen (secondary N) is 1. The van der Waals surface area contributed by atoms with E-state index in [1.807, 2.05) is 27.7 Å². The molecule has 1 atom stereocenters. The van der Waals surface area contributed by atoms with E-state index in [4.69, 9.17) is 16.3 Å². The molecule has 1 amide bonds. The molecule has 1 aromatic heterocycles. The molecular weight excluding hydrogens is 292 g/mol. The molecule has 118 valence electrons. The van der Waals surface area contributed by atoms with Crippen LogP contribution in [0.3, 0.4) is 0 Å². The van der Waals surface area contributed by atoms with Crippen molar-refractivity contribution in [2.75, 3.05) is 25.5 Å². The number of anilines is 1. The average molecular weight is 315 g/mol. The minimum atomic E-state index is -0.483. The molecule has 0 saturated heterocycles. The Kier molecular flexibility index (Phi) is 6.20. The van der Waals surface area contributed by atoms with Crippen LogP contribution in [-0.2, 0) is 4.74 Å². The second kappa shape index (κ2) is 7.45. The topological polar surface area (TPSA) is 67.4 Å². The standard InChI is InChI=1S/C14H23ClN4O2/c1-10(6-17-12-8-16-7-11(15)18-12)9-19(5)13(20)21-14(2,3)4/h7-8,10H,6,9H2,1-5H3,(H,17,18)/t10-/m0/s1. The van der Waals surface area contributed by atoms with Gasteiger partial charge < -0.3 is 15.0 Å². The number of amides is 1. The van der Waals surface area contributed by atoms with Crippen molar-refractivity contribution in [1.29, 1.82) is 0 Å². The van der Waals surface area contributed by atoms with Crippen molar-refractivity contribution in [3.63, 3.8) is 0 Å². The first-order valence-corrected chi connectivity index (χ1v) is 7.20. The Morgan fingerprint density at radius 2 is 2.14 bits per heavy atom. The van der Waals surface area contributed by atoms with Crippen LogP contribution < -0.4 is 5.32 Å². The second-order valence-corrected chi connectivity index (χ2v) is 6.46. The SMILES string of the molecule is C[C@@H](CNc1cncc(Cl)n1)CN(C)C(=O)OC(C)(C)C. The van der Waals surface area contributed by atoms with E-state index in [1.54, 1.807) is 18.1 Å². The molecule has 0 aliphatic heterocycles. The van der Waals surface area contributed by atoms with Crippen LogP contribution >= 0.6 is 11.6 Å². The maximum Gasteiger partial charge on any atom is 0.410 e. The number of carbonyl (C=O) groups excluding carboxylic acids is 1. The Morgan fingerprint density at radius 1 is 1.48 bits per heavy atom. The predicted molar refractivity (Wildman–Crippen MR) is 83.6 cm³/mol. The molecule has 1 aromatic rings. The van der Waals surface area contributed by atoms with Gasteiger partial charge in [0, 0.05) is 20.1 Å². The van der Waals surface area contributed by atoms with E-state index in [0.717, 1.165) is 0 Å². The Morgan fingerprint density at radius 3 is 2.71 bits per heavy atom. The normalized spacial score (nSPS) is 12.7. The van der Waals surface area contributed by atoms with Crippen LogP contribution in [-0.4, -0.2) is 46.7 Å². The Balaban J connectivity index is 2.39. The van der Waals surface area contributed by atoms with Crippen LogP contribution in [0.4, 0.5) is 10.6 Å². The quantitative estimate of drug-likeness (QED) is 0.904. The van der Waals surface area contributed by atoms with Crippen molar-refractivity contribution in [1.82, 2.24) is 14.9 Å². The van der Waals surface area contributed by atoms with Gasteiger partial charge >= 0.3 is 6.09 Å². The van der Waals surface area contributed by atoms with Crippen molar-refractivity contribution >= 4 is 23.5 Å². The summed E-state index contributed by atoms with van der Waals surface area (Å²) < 4.78 is 5.31. The van der Waals surface area contributed by atoms with Gasteiger partial charge in [0.25, 0.3) is 0 Å². The van der Waals surface area contributed by atoms with Gasteiger partial charge in [0.2, 0.25) is 0 Å². The summed E-state index contributed by atoms with van der Waals surface area (Å²) in [5.74, 6) is 0.845. The zero-order valence-corrected chi connectivity index (χ0v) is 13.9. The summed E-state index contributed by atoms with van der Waals surface area (Å²) in [4.78, 5) is 21.5. The highest BCUT2D eigenvalue weighted by Crippen LogP contribution is 2.11. The fraction of sp³-hybridized carbons (Fsp3) is 0.643. The monoisotopic (exact) mass is 314 g/mol. The molecule has 7 heteroatoms. The molecule has 0 aliphatic rings. The summed E-state index contributed by atoms with van der Waals surface area (Å²) in [5.41, 5.74) is -0.483. The van der Waals surface area contributed by atoms with Crippen LogP contribution in [0.5, 0.6) is 0 Å². The van der Waals surface area contributed by atoms with Crippen LogP contribution in [0.25, 0.3) is 0 Å². The van der Waals surface area contributed by atoms with Crippen molar-refractivity contribution in [2.24, 2.45) is 5.92 Å². The number of halogens is 1. The van der Waals surface area contributed by atoms with E-state index in [0.29, 0.717) is 24.1 Å². The summed E-state index contributed by atoms with van der Waals surface area (Å²) in [6.07, 6.45) is 2.76. The molecule has 0 bridgehead atoms. The number of ether oxygens (including phenoxy) is 1. The van der Waals surface area contributed by atoms with E-state index >= 15 is 0 Å². The molecule has 0 fully saturated rings. The van der Waals surface area contributed by atoms with E-state index in [1.165, 1.54) is 6.20 Å². The van der Waals surface area contributed by atoms with Gasteiger partial charge in [-0.15, -0.1) is 0 Å². The van der Waals surface area contributed by atoms with Crippen LogP contribution in [0.15, 0.2) is 12.4 Å². The Labute approximate surface area is 130 Å². The lowest BCUT2D eigenvalue weighted by molar-refractivity contribution is 0.0279. The fourth-order valence-corrected chi connectivity index (χ4v) is 1.80. The van der Waals surface area contributed by atoms with E-state index < -0.39 is 5.60 Å². The van der Waals surface area contributed by atoms with Crippen LogP contribution in [0.2, 0.25) is 5.15 Å². The maximum atomic E-state index is 11.9. The first-order valence-electron chi connectivity index (χ1n) is 6.83.